The van der Waals surface area contributed by atoms with Gasteiger partial charge in [0.15, 0.2) is 0 Å². The smallest absolute Gasteiger partial charge is 0.0798 e. The third-order valence-electron chi connectivity index (χ3n) is 11.2. The number of imidazole rings is 1. The SMILES string of the molecule is CC(C)c1cccc(C(C)C)c1-n1c(-c2[c-]cc3c(c2)c2ccccc2n3-c2ccccc2)nc2ccccc21.[2H]C([2H])(c1cc(-c2[c-]cccc2)ncc1[Si](C)(C)C)C(C)(C)C.[Ir]. The third-order valence-corrected chi connectivity index (χ3v) is 13.2. The second-order valence-electron chi connectivity index (χ2n) is 18.7. The van der Waals surface area contributed by atoms with Crippen molar-refractivity contribution in [3.63, 3.8) is 0 Å². The van der Waals surface area contributed by atoms with Gasteiger partial charge in [-0.1, -0.05) is 152 Å². The molecule has 0 saturated heterocycles. The number of hydrogen-bond donors (Lipinski definition) is 0. The van der Waals surface area contributed by atoms with Gasteiger partial charge in [-0.15, -0.1) is 59.7 Å². The van der Waals surface area contributed by atoms with E-state index in [4.69, 9.17) is 7.73 Å². The molecule has 4 nitrogen and oxygen atoms in total. The van der Waals surface area contributed by atoms with Gasteiger partial charge in [0, 0.05) is 45.9 Å². The Morgan fingerprint density at radius 2 is 1.31 bits per heavy atom. The summed E-state index contributed by atoms with van der Waals surface area (Å²) in [6.07, 6.45) is 0.469. The van der Waals surface area contributed by atoms with Crippen LogP contribution in [-0.4, -0.2) is 27.2 Å². The summed E-state index contributed by atoms with van der Waals surface area (Å²) in [5.74, 6) is 1.67. The monoisotopic (exact) mass is 1010 g/mol. The number of benzene rings is 6. The fourth-order valence-electron chi connectivity index (χ4n) is 8.36. The van der Waals surface area contributed by atoms with Gasteiger partial charge in [0.25, 0.3) is 0 Å². The molecule has 0 atom stereocenters. The quantitative estimate of drug-likeness (QED) is 0.112. The van der Waals surface area contributed by atoms with Crippen molar-refractivity contribution in [1.82, 2.24) is 19.1 Å². The maximum atomic E-state index is 8.75. The normalized spacial score (nSPS) is 12.6. The number of nitrogens with zero attached hydrogens (tertiary/aromatic N) is 4. The molecule has 0 aliphatic rings. The number of pyridine rings is 1. The van der Waals surface area contributed by atoms with Crippen molar-refractivity contribution in [3.8, 4) is 34.0 Å². The van der Waals surface area contributed by atoms with E-state index in [1.165, 1.54) is 33.1 Å². The van der Waals surface area contributed by atoms with Crippen LogP contribution >= 0.6 is 0 Å². The first-order chi connectivity index (χ1) is 30.0. The molecule has 0 N–H and O–H groups in total. The molecule has 3 aromatic heterocycles. The van der Waals surface area contributed by atoms with Gasteiger partial charge in [-0.3, -0.25) is 4.98 Å². The fraction of sp³-hybridized carbons (Fsp3) is 0.250. The van der Waals surface area contributed by atoms with E-state index in [1.54, 1.807) is 0 Å². The first-order valence-electron chi connectivity index (χ1n) is 22.6. The second-order valence-corrected chi connectivity index (χ2v) is 23.7. The molecule has 9 aromatic rings. The Morgan fingerprint density at radius 1 is 0.661 bits per heavy atom. The van der Waals surface area contributed by atoms with Crippen LogP contribution in [0.4, 0.5) is 0 Å². The Labute approximate surface area is 386 Å². The summed E-state index contributed by atoms with van der Waals surface area (Å²) >= 11 is 0. The van der Waals surface area contributed by atoms with Crippen LogP contribution in [0, 0.1) is 17.5 Å². The van der Waals surface area contributed by atoms with Gasteiger partial charge in [0.05, 0.1) is 24.9 Å². The van der Waals surface area contributed by atoms with E-state index in [2.05, 4.69) is 183 Å². The number of rotatable bonds is 8. The average Bonchev–Trinajstić information content (AvgIpc) is 3.82. The molecule has 0 aliphatic carbocycles. The zero-order valence-electron chi connectivity index (χ0n) is 39.6. The third kappa shape index (κ3) is 9.06. The minimum Gasteiger partial charge on any atom is -0.351 e. The molecular formula is C56H58IrN4Si-2. The largest absolute Gasteiger partial charge is 0.351 e. The molecular weight excluding hydrogens is 949 g/mol. The summed E-state index contributed by atoms with van der Waals surface area (Å²) in [6.45, 7) is 21.7. The van der Waals surface area contributed by atoms with Crippen LogP contribution in [0.15, 0.2) is 146 Å². The van der Waals surface area contributed by atoms with Crippen molar-refractivity contribution in [2.24, 2.45) is 5.41 Å². The van der Waals surface area contributed by atoms with E-state index in [9.17, 15) is 0 Å². The molecule has 0 amide bonds. The van der Waals surface area contributed by atoms with E-state index >= 15 is 0 Å². The molecule has 3 heterocycles. The van der Waals surface area contributed by atoms with E-state index in [-0.39, 0.29) is 20.1 Å². The van der Waals surface area contributed by atoms with Crippen LogP contribution < -0.4 is 5.19 Å². The van der Waals surface area contributed by atoms with Gasteiger partial charge in [-0.25, -0.2) is 0 Å². The Bertz CT molecular complexity index is 3040. The molecule has 9 rings (SSSR count). The zero-order chi connectivity index (χ0) is 44.8. The molecule has 6 aromatic carbocycles. The number of para-hydroxylation sites is 5. The van der Waals surface area contributed by atoms with Gasteiger partial charge in [-0.05, 0) is 86.9 Å². The van der Waals surface area contributed by atoms with Crippen molar-refractivity contribution >= 4 is 46.1 Å². The van der Waals surface area contributed by atoms with Crippen LogP contribution in [0.25, 0.3) is 66.9 Å². The van der Waals surface area contributed by atoms with Crippen molar-refractivity contribution < 1.29 is 22.8 Å². The molecule has 0 fully saturated rings. The Kier molecular flexibility index (Phi) is 12.3. The van der Waals surface area contributed by atoms with Crippen LogP contribution in [-0.2, 0) is 26.5 Å². The Balaban J connectivity index is 0.000000219. The first-order valence-corrected chi connectivity index (χ1v) is 25.1. The molecule has 317 valence electrons. The Morgan fingerprint density at radius 3 is 1.95 bits per heavy atom. The molecule has 1 radical (unpaired) electrons. The molecule has 6 heteroatoms. The summed E-state index contributed by atoms with van der Waals surface area (Å²) in [5.41, 5.74) is 12.5. The zero-order valence-corrected chi connectivity index (χ0v) is 41.0. The van der Waals surface area contributed by atoms with Gasteiger partial charge in [0.2, 0.25) is 0 Å². The molecule has 0 spiro atoms. The molecule has 0 bridgehead atoms. The molecule has 0 saturated carbocycles. The summed E-state index contributed by atoms with van der Waals surface area (Å²) in [4.78, 5) is 9.85. The molecule has 62 heavy (non-hydrogen) atoms. The van der Waals surface area contributed by atoms with E-state index in [0.29, 0.717) is 11.8 Å². The van der Waals surface area contributed by atoms with Crippen molar-refractivity contribution in [2.45, 2.75) is 86.3 Å². The summed E-state index contributed by atoms with van der Waals surface area (Å²) in [6, 6.07) is 55.3. The molecule has 0 aliphatic heterocycles. The summed E-state index contributed by atoms with van der Waals surface area (Å²) < 4.78 is 22.2. The van der Waals surface area contributed by atoms with Crippen LogP contribution in [0.2, 0.25) is 19.6 Å². The minimum atomic E-state index is -1.70. The number of fused-ring (bicyclic) bond motifs is 4. The number of hydrogen-bond acceptors (Lipinski definition) is 2. The van der Waals surface area contributed by atoms with Crippen LogP contribution in [0.3, 0.4) is 0 Å². The molecule has 0 unspecified atom stereocenters. The van der Waals surface area contributed by atoms with E-state index < -0.39 is 19.9 Å². The maximum absolute atomic E-state index is 8.75. The maximum Gasteiger partial charge on any atom is 0.0798 e. The van der Waals surface area contributed by atoms with Gasteiger partial charge in [-0.2, -0.15) is 0 Å². The van der Waals surface area contributed by atoms with Crippen molar-refractivity contribution in [3.05, 3.63) is 175 Å². The second kappa shape index (κ2) is 18.1. The van der Waals surface area contributed by atoms with Gasteiger partial charge >= 0.3 is 0 Å². The number of aromatic nitrogens is 4. The van der Waals surface area contributed by atoms with Gasteiger partial charge < -0.3 is 14.1 Å². The topological polar surface area (TPSA) is 35.6 Å². The van der Waals surface area contributed by atoms with Crippen LogP contribution in [0.5, 0.6) is 0 Å². The van der Waals surface area contributed by atoms with Crippen LogP contribution in [0.1, 0.15) is 79.7 Å². The predicted octanol–water partition coefficient (Wildman–Crippen LogP) is 14.5. The van der Waals surface area contributed by atoms with Gasteiger partial charge in [0.1, 0.15) is 0 Å². The van der Waals surface area contributed by atoms with E-state index in [1.807, 2.05) is 57.3 Å². The van der Waals surface area contributed by atoms with Crippen molar-refractivity contribution in [1.29, 1.82) is 0 Å². The average molecular weight is 1010 g/mol. The summed E-state index contributed by atoms with van der Waals surface area (Å²) in [5, 5.41) is 3.52. The Hall–Kier alpha value is -5.39. The summed E-state index contributed by atoms with van der Waals surface area (Å²) in [7, 11) is -1.70. The van der Waals surface area contributed by atoms with Crippen molar-refractivity contribution in [2.75, 3.05) is 0 Å². The minimum absolute atomic E-state index is 0. The van der Waals surface area contributed by atoms with E-state index in [0.717, 1.165) is 55.6 Å². The predicted molar refractivity (Wildman–Crippen MR) is 263 cm³/mol. The standard InChI is InChI=1S/C37H32N3.C19H26NSi.Ir/c1-24(2)28-16-12-17-29(25(3)4)36(28)40-35-20-11-9-18-32(35)38-37(40)26-21-22-34-31(23-26)30-15-8-10-19-33(30)39(34)27-13-6-5-7-14-27;1-19(2,3)13-16-12-17(15-10-8-7-9-11-15)20-14-18(16)21(4,5)6;/h5-20,22-25H,1-4H3;7-10,12,14H,13H2,1-6H3;/q2*-1;/i;13D2;. The first kappa shape index (κ1) is 41.9. The fourth-order valence-corrected chi connectivity index (χ4v) is 9.75.